The van der Waals surface area contributed by atoms with Gasteiger partial charge in [-0.2, -0.15) is 5.10 Å². The van der Waals surface area contributed by atoms with Crippen molar-refractivity contribution in [2.45, 2.75) is 19.3 Å². The Balaban J connectivity index is 1.82. The van der Waals surface area contributed by atoms with E-state index in [1.54, 1.807) is 12.1 Å². The lowest BCUT2D eigenvalue weighted by molar-refractivity contribution is 0.0421. The summed E-state index contributed by atoms with van der Waals surface area (Å²) in [5.41, 5.74) is 0.946. The molecule has 1 aliphatic rings. The van der Waals surface area contributed by atoms with E-state index < -0.39 is 11.9 Å². The van der Waals surface area contributed by atoms with Crippen LogP contribution in [0.4, 0.5) is 0 Å². The molecular formula is C19H20N2O4. The van der Waals surface area contributed by atoms with Gasteiger partial charge in [-0.1, -0.05) is 30.4 Å². The van der Waals surface area contributed by atoms with Crippen molar-refractivity contribution >= 4 is 11.9 Å². The molecule has 0 bridgehead atoms. The average molecular weight is 340 g/mol. The minimum absolute atomic E-state index is 0.0684. The maximum atomic E-state index is 12.6. The van der Waals surface area contributed by atoms with Crippen LogP contribution in [0.2, 0.25) is 0 Å². The fourth-order valence-corrected chi connectivity index (χ4v) is 2.77. The Bertz CT molecular complexity index is 780. The molecule has 1 atom stereocenters. The van der Waals surface area contributed by atoms with Gasteiger partial charge in [0.1, 0.15) is 0 Å². The van der Waals surface area contributed by atoms with Gasteiger partial charge < -0.3 is 9.47 Å². The first-order valence-corrected chi connectivity index (χ1v) is 8.25. The molecule has 130 valence electrons. The topological polar surface area (TPSA) is 70.4 Å². The van der Waals surface area contributed by atoms with E-state index in [9.17, 15) is 9.59 Å². The third kappa shape index (κ3) is 3.96. The number of ether oxygens (including phenoxy) is 2. The van der Waals surface area contributed by atoms with Crippen molar-refractivity contribution in [3.8, 4) is 5.69 Å². The van der Waals surface area contributed by atoms with Gasteiger partial charge in [0, 0.05) is 6.07 Å². The van der Waals surface area contributed by atoms with Gasteiger partial charge in [0.05, 0.1) is 19.4 Å². The first-order chi connectivity index (χ1) is 12.2. The molecular weight excluding hydrogens is 320 g/mol. The van der Waals surface area contributed by atoms with Gasteiger partial charge in [0.15, 0.2) is 11.4 Å². The summed E-state index contributed by atoms with van der Waals surface area (Å²) in [7, 11) is 1.28. The third-order valence-corrected chi connectivity index (χ3v) is 4.14. The van der Waals surface area contributed by atoms with Crippen molar-refractivity contribution in [3.05, 3.63) is 59.9 Å². The van der Waals surface area contributed by atoms with Crippen molar-refractivity contribution in [1.29, 1.82) is 0 Å². The number of carbonyl (C=O) groups is 2. The molecule has 1 heterocycles. The normalized spacial score (nSPS) is 16.4. The lowest BCUT2D eigenvalue weighted by atomic mass is 9.95. The van der Waals surface area contributed by atoms with Crippen LogP contribution >= 0.6 is 0 Å². The second-order valence-corrected chi connectivity index (χ2v) is 5.90. The number of hydrogen-bond donors (Lipinski definition) is 0. The summed E-state index contributed by atoms with van der Waals surface area (Å²) in [5, 5.41) is 4.20. The Morgan fingerprint density at radius 3 is 2.68 bits per heavy atom. The molecule has 3 rings (SSSR count). The molecule has 0 fully saturated rings. The highest BCUT2D eigenvalue weighted by molar-refractivity contribution is 5.93. The molecule has 1 unspecified atom stereocenters. The second kappa shape index (κ2) is 7.79. The van der Waals surface area contributed by atoms with E-state index in [4.69, 9.17) is 9.47 Å². The van der Waals surface area contributed by atoms with E-state index in [0.29, 0.717) is 18.2 Å². The minimum atomic E-state index is -0.596. The smallest absolute Gasteiger partial charge is 0.358 e. The maximum absolute atomic E-state index is 12.6. The van der Waals surface area contributed by atoms with E-state index in [2.05, 4.69) is 17.3 Å². The molecule has 6 nitrogen and oxygen atoms in total. The quantitative estimate of drug-likeness (QED) is 0.617. The highest BCUT2D eigenvalue weighted by Crippen LogP contribution is 2.20. The van der Waals surface area contributed by atoms with Crippen LogP contribution in [0.15, 0.2) is 48.6 Å². The first-order valence-electron chi connectivity index (χ1n) is 8.25. The lowest BCUT2D eigenvalue weighted by Crippen LogP contribution is -2.17. The fraction of sp³-hybridized carbons (Fsp3) is 0.316. The number of para-hydroxylation sites is 1. The number of allylic oxidation sites excluding steroid dienone is 2. The van der Waals surface area contributed by atoms with Crippen molar-refractivity contribution in [3.63, 3.8) is 0 Å². The van der Waals surface area contributed by atoms with E-state index in [1.807, 2.05) is 18.2 Å². The predicted molar refractivity (Wildman–Crippen MR) is 91.7 cm³/mol. The van der Waals surface area contributed by atoms with Gasteiger partial charge in [0.25, 0.3) is 0 Å². The Kier molecular flexibility index (Phi) is 5.28. The standard InChI is InChI=1S/C19H20N2O4/c1-24-18(22)16-12-17(21(20-16)15-10-6-3-7-11-15)19(23)25-13-14-8-4-2-5-9-14/h2-4,6-7,10-12,14H,5,8-9,13H2,1H3. The minimum Gasteiger partial charge on any atom is -0.464 e. The maximum Gasteiger partial charge on any atom is 0.358 e. The highest BCUT2D eigenvalue weighted by Gasteiger charge is 2.23. The number of methoxy groups -OCH3 is 1. The summed E-state index contributed by atoms with van der Waals surface area (Å²) in [5.74, 6) is -0.760. The van der Waals surface area contributed by atoms with Crippen molar-refractivity contribution in [2.24, 2.45) is 5.92 Å². The number of carbonyl (C=O) groups excluding carboxylic acids is 2. The van der Waals surface area contributed by atoms with Crippen LogP contribution in [0, 0.1) is 5.92 Å². The molecule has 0 amide bonds. The van der Waals surface area contributed by atoms with E-state index in [1.165, 1.54) is 17.9 Å². The summed E-state index contributed by atoms with van der Waals surface area (Å²) < 4.78 is 11.6. The molecule has 1 aromatic heterocycles. The van der Waals surface area contributed by atoms with Crippen LogP contribution in [-0.4, -0.2) is 35.4 Å². The Hall–Kier alpha value is -2.89. The number of rotatable bonds is 5. The van der Waals surface area contributed by atoms with Crippen LogP contribution in [-0.2, 0) is 9.47 Å². The molecule has 0 aliphatic heterocycles. The fourth-order valence-electron chi connectivity index (χ4n) is 2.77. The first kappa shape index (κ1) is 17.0. The van der Waals surface area contributed by atoms with Crippen LogP contribution in [0.1, 0.15) is 40.2 Å². The summed E-state index contributed by atoms with van der Waals surface area (Å²) in [6.45, 7) is 0.358. The molecule has 2 aromatic rings. The molecule has 0 spiro atoms. The summed E-state index contributed by atoms with van der Waals surface area (Å²) >= 11 is 0. The van der Waals surface area contributed by atoms with E-state index in [-0.39, 0.29) is 11.4 Å². The molecule has 0 N–H and O–H groups in total. The number of esters is 2. The van der Waals surface area contributed by atoms with Crippen molar-refractivity contribution in [1.82, 2.24) is 9.78 Å². The van der Waals surface area contributed by atoms with Gasteiger partial charge in [-0.25, -0.2) is 14.3 Å². The molecule has 1 aliphatic carbocycles. The zero-order chi connectivity index (χ0) is 17.6. The zero-order valence-electron chi connectivity index (χ0n) is 14.1. The Labute approximate surface area is 146 Å². The van der Waals surface area contributed by atoms with Gasteiger partial charge in [-0.05, 0) is 37.3 Å². The molecule has 0 saturated carbocycles. The highest BCUT2D eigenvalue weighted by atomic mass is 16.5. The van der Waals surface area contributed by atoms with Crippen molar-refractivity contribution in [2.75, 3.05) is 13.7 Å². The molecule has 1 aromatic carbocycles. The monoisotopic (exact) mass is 340 g/mol. The molecule has 0 radical (unpaired) electrons. The molecule has 25 heavy (non-hydrogen) atoms. The summed E-state index contributed by atoms with van der Waals surface area (Å²) in [6.07, 6.45) is 7.20. The number of hydrogen-bond acceptors (Lipinski definition) is 5. The second-order valence-electron chi connectivity index (χ2n) is 5.90. The summed E-state index contributed by atoms with van der Waals surface area (Å²) in [4.78, 5) is 24.3. The summed E-state index contributed by atoms with van der Waals surface area (Å²) in [6, 6.07) is 10.5. The van der Waals surface area contributed by atoms with Gasteiger partial charge >= 0.3 is 11.9 Å². The van der Waals surface area contributed by atoms with Crippen LogP contribution in [0.5, 0.6) is 0 Å². The number of aromatic nitrogens is 2. The van der Waals surface area contributed by atoms with Gasteiger partial charge in [-0.15, -0.1) is 0 Å². The van der Waals surface area contributed by atoms with Gasteiger partial charge in [0.2, 0.25) is 0 Å². The number of benzene rings is 1. The lowest BCUT2D eigenvalue weighted by Gasteiger charge is -2.17. The van der Waals surface area contributed by atoms with E-state index in [0.717, 1.165) is 19.3 Å². The predicted octanol–water partition coefficient (Wildman–Crippen LogP) is 3.17. The molecule has 0 saturated heterocycles. The Morgan fingerprint density at radius 1 is 1.20 bits per heavy atom. The largest absolute Gasteiger partial charge is 0.464 e. The third-order valence-electron chi connectivity index (χ3n) is 4.14. The number of nitrogens with zero attached hydrogens (tertiary/aromatic N) is 2. The zero-order valence-corrected chi connectivity index (χ0v) is 14.1. The van der Waals surface area contributed by atoms with Crippen molar-refractivity contribution < 1.29 is 19.1 Å². The van der Waals surface area contributed by atoms with Crippen LogP contribution < -0.4 is 0 Å². The average Bonchev–Trinajstić information content (AvgIpc) is 3.12. The van der Waals surface area contributed by atoms with Crippen LogP contribution in [0.3, 0.4) is 0 Å². The SMILES string of the molecule is COC(=O)c1cc(C(=O)OCC2CC=CCC2)n(-c2ccccc2)n1. The van der Waals surface area contributed by atoms with Crippen LogP contribution in [0.25, 0.3) is 5.69 Å². The molecule has 6 heteroatoms. The van der Waals surface area contributed by atoms with Gasteiger partial charge in [-0.3, -0.25) is 0 Å². The Morgan fingerprint density at radius 2 is 2.00 bits per heavy atom. The van der Waals surface area contributed by atoms with E-state index >= 15 is 0 Å².